The predicted octanol–water partition coefficient (Wildman–Crippen LogP) is 3.90. The van der Waals surface area contributed by atoms with Crippen LogP contribution in [0.4, 0.5) is 5.69 Å². The molecule has 10 heteroatoms. The molecule has 0 unspecified atom stereocenters. The van der Waals surface area contributed by atoms with E-state index in [9.17, 15) is 20.2 Å². The first-order valence-corrected chi connectivity index (χ1v) is 9.25. The Morgan fingerprint density at radius 2 is 1.79 bits per heavy atom. The molecule has 144 valence electrons. The number of rotatable bonds is 7. The SMILES string of the molecule is Cc1ccc(-n2c(C)nnc2S[C@@H](C[N+](=O)[O-])c2cccc([N+](=O)[O-])c2)cc1. The molecule has 2 aromatic carbocycles. The van der Waals surface area contributed by atoms with Gasteiger partial charge >= 0.3 is 0 Å². The molecule has 0 saturated heterocycles. The van der Waals surface area contributed by atoms with Crippen molar-refractivity contribution in [1.29, 1.82) is 0 Å². The minimum atomic E-state index is -0.650. The maximum Gasteiger partial charge on any atom is 0.269 e. The number of thioether (sulfide) groups is 1. The third-order valence-electron chi connectivity index (χ3n) is 4.10. The van der Waals surface area contributed by atoms with Gasteiger partial charge in [0.05, 0.1) is 4.92 Å². The topological polar surface area (TPSA) is 117 Å². The first-order chi connectivity index (χ1) is 13.3. The molecule has 9 nitrogen and oxygen atoms in total. The Morgan fingerprint density at radius 1 is 1.07 bits per heavy atom. The molecule has 0 amide bonds. The van der Waals surface area contributed by atoms with E-state index >= 15 is 0 Å². The maximum absolute atomic E-state index is 11.2. The molecule has 1 atom stereocenters. The van der Waals surface area contributed by atoms with Crippen LogP contribution in [0.25, 0.3) is 5.69 Å². The molecule has 0 aliphatic heterocycles. The van der Waals surface area contributed by atoms with Crippen LogP contribution in [0.2, 0.25) is 0 Å². The fourth-order valence-corrected chi connectivity index (χ4v) is 3.89. The van der Waals surface area contributed by atoms with Gasteiger partial charge in [-0.25, -0.2) is 0 Å². The summed E-state index contributed by atoms with van der Waals surface area (Å²) in [6.07, 6.45) is 0. The third kappa shape index (κ3) is 4.34. The lowest BCUT2D eigenvalue weighted by molar-refractivity contribution is -0.479. The van der Waals surface area contributed by atoms with Gasteiger partial charge in [-0.05, 0) is 31.5 Å². The van der Waals surface area contributed by atoms with E-state index in [4.69, 9.17) is 0 Å². The van der Waals surface area contributed by atoms with Gasteiger partial charge in [-0.1, -0.05) is 41.6 Å². The summed E-state index contributed by atoms with van der Waals surface area (Å²) in [5.41, 5.74) is 2.33. The van der Waals surface area contributed by atoms with E-state index in [1.54, 1.807) is 13.0 Å². The number of hydrogen-bond acceptors (Lipinski definition) is 7. The average molecular weight is 399 g/mol. The normalized spacial score (nSPS) is 11.9. The molecule has 0 saturated carbocycles. The summed E-state index contributed by atoms with van der Waals surface area (Å²) >= 11 is 1.16. The van der Waals surface area contributed by atoms with Gasteiger partial charge in [-0.2, -0.15) is 0 Å². The maximum atomic E-state index is 11.2. The molecular formula is C18H17N5O4S. The summed E-state index contributed by atoms with van der Waals surface area (Å²) in [6.45, 7) is 3.38. The molecule has 0 radical (unpaired) electrons. The van der Waals surface area contributed by atoms with Crippen LogP contribution in [-0.4, -0.2) is 31.2 Å². The van der Waals surface area contributed by atoms with E-state index in [1.807, 2.05) is 35.8 Å². The molecular weight excluding hydrogens is 382 g/mol. The first-order valence-electron chi connectivity index (χ1n) is 8.37. The van der Waals surface area contributed by atoms with Crippen LogP contribution < -0.4 is 0 Å². The van der Waals surface area contributed by atoms with Crippen molar-refractivity contribution in [2.75, 3.05) is 6.54 Å². The lowest BCUT2D eigenvalue weighted by Gasteiger charge is -2.14. The van der Waals surface area contributed by atoms with Crippen LogP contribution in [0.15, 0.2) is 53.7 Å². The molecule has 0 spiro atoms. The van der Waals surface area contributed by atoms with Crippen LogP contribution in [0, 0.1) is 34.1 Å². The second-order valence-corrected chi connectivity index (χ2v) is 7.34. The molecule has 0 aliphatic rings. The van der Waals surface area contributed by atoms with Crippen molar-refractivity contribution >= 4 is 17.4 Å². The van der Waals surface area contributed by atoms with Crippen LogP contribution >= 0.6 is 11.8 Å². The van der Waals surface area contributed by atoms with Crippen molar-refractivity contribution in [3.05, 3.63) is 85.7 Å². The zero-order valence-corrected chi connectivity index (χ0v) is 16.0. The van der Waals surface area contributed by atoms with E-state index in [0.29, 0.717) is 16.5 Å². The van der Waals surface area contributed by atoms with Crippen LogP contribution in [0.5, 0.6) is 0 Å². The third-order valence-corrected chi connectivity index (χ3v) is 5.28. The Balaban J connectivity index is 1.99. The molecule has 0 aliphatic carbocycles. The van der Waals surface area contributed by atoms with Crippen LogP contribution in [0.3, 0.4) is 0 Å². The zero-order valence-electron chi connectivity index (χ0n) is 15.2. The average Bonchev–Trinajstić information content (AvgIpc) is 3.02. The van der Waals surface area contributed by atoms with Crippen molar-refractivity contribution in [3.8, 4) is 5.69 Å². The van der Waals surface area contributed by atoms with Crippen molar-refractivity contribution in [2.24, 2.45) is 0 Å². The number of nitrogens with zero attached hydrogens (tertiary/aromatic N) is 5. The second-order valence-electron chi connectivity index (χ2n) is 6.17. The molecule has 1 heterocycles. The number of aryl methyl sites for hydroxylation is 2. The van der Waals surface area contributed by atoms with Crippen molar-refractivity contribution < 1.29 is 9.85 Å². The molecule has 3 aromatic rings. The van der Waals surface area contributed by atoms with Crippen LogP contribution in [-0.2, 0) is 0 Å². The Morgan fingerprint density at radius 3 is 2.43 bits per heavy atom. The minimum Gasteiger partial charge on any atom is -0.274 e. The van der Waals surface area contributed by atoms with Gasteiger partial charge in [0.2, 0.25) is 6.54 Å². The number of aromatic nitrogens is 3. The Bertz CT molecular complexity index is 1020. The Labute approximate surface area is 164 Å². The summed E-state index contributed by atoms with van der Waals surface area (Å²) < 4.78 is 1.81. The van der Waals surface area contributed by atoms with Gasteiger partial charge in [0.25, 0.3) is 5.69 Å². The van der Waals surface area contributed by atoms with Gasteiger partial charge in [-0.3, -0.25) is 24.8 Å². The summed E-state index contributed by atoms with van der Waals surface area (Å²) in [5, 5.41) is 30.4. The predicted molar refractivity (Wildman–Crippen MR) is 104 cm³/mol. The Hall–Kier alpha value is -3.27. The van der Waals surface area contributed by atoms with E-state index in [2.05, 4.69) is 10.2 Å². The lowest BCUT2D eigenvalue weighted by atomic mass is 10.1. The van der Waals surface area contributed by atoms with Gasteiger partial charge in [0, 0.05) is 22.7 Å². The zero-order chi connectivity index (χ0) is 20.3. The van der Waals surface area contributed by atoms with Gasteiger partial charge in [-0.15, -0.1) is 10.2 Å². The highest BCUT2D eigenvalue weighted by molar-refractivity contribution is 7.99. The number of nitro groups is 2. The Kier molecular flexibility index (Phi) is 5.69. The van der Waals surface area contributed by atoms with E-state index in [-0.39, 0.29) is 5.69 Å². The lowest BCUT2D eigenvalue weighted by Crippen LogP contribution is -2.11. The second kappa shape index (κ2) is 8.17. The number of hydrogen-bond donors (Lipinski definition) is 0. The van der Waals surface area contributed by atoms with Gasteiger partial charge in [0.15, 0.2) is 5.16 Å². The minimum absolute atomic E-state index is 0.109. The number of non-ortho nitro benzene ring substituents is 1. The first kappa shape index (κ1) is 19.5. The van der Waals surface area contributed by atoms with Crippen molar-refractivity contribution in [1.82, 2.24) is 14.8 Å². The monoisotopic (exact) mass is 399 g/mol. The summed E-state index contributed by atoms with van der Waals surface area (Å²) in [4.78, 5) is 21.3. The summed E-state index contributed by atoms with van der Waals surface area (Å²) in [6, 6.07) is 13.6. The number of nitro benzene ring substituents is 1. The fourth-order valence-electron chi connectivity index (χ4n) is 2.72. The molecule has 28 heavy (non-hydrogen) atoms. The van der Waals surface area contributed by atoms with Gasteiger partial charge < -0.3 is 0 Å². The smallest absolute Gasteiger partial charge is 0.269 e. The summed E-state index contributed by atoms with van der Waals surface area (Å²) in [5.74, 6) is 0.644. The highest BCUT2D eigenvalue weighted by Gasteiger charge is 2.25. The summed E-state index contributed by atoms with van der Waals surface area (Å²) in [7, 11) is 0. The molecule has 3 rings (SSSR count). The molecule has 0 bridgehead atoms. The highest BCUT2D eigenvalue weighted by atomic mass is 32.2. The fraction of sp³-hybridized carbons (Fsp3) is 0.222. The van der Waals surface area contributed by atoms with Crippen molar-refractivity contribution in [2.45, 2.75) is 24.3 Å². The standard InChI is InChI=1S/C18H17N5O4S/c1-12-6-8-15(9-7-12)22-13(2)19-20-18(22)28-17(11-21(24)25)14-4-3-5-16(10-14)23(26)27/h3-10,17H,11H2,1-2H3/t17-/m0/s1. The molecule has 0 N–H and O–H groups in total. The van der Waals surface area contributed by atoms with E-state index < -0.39 is 21.6 Å². The highest BCUT2D eigenvalue weighted by Crippen LogP contribution is 2.37. The van der Waals surface area contributed by atoms with E-state index in [0.717, 1.165) is 23.0 Å². The quantitative estimate of drug-likeness (QED) is 0.336. The molecule has 0 fully saturated rings. The largest absolute Gasteiger partial charge is 0.274 e. The number of benzene rings is 2. The van der Waals surface area contributed by atoms with E-state index in [1.165, 1.54) is 18.2 Å². The van der Waals surface area contributed by atoms with Gasteiger partial charge in [0.1, 0.15) is 11.1 Å². The van der Waals surface area contributed by atoms with Crippen LogP contribution in [0.1, 0.15) is 22.2 Å². The van der Waals surface area contributed by atoms with Crippen molar-refractivity contribution in [3.63, 3.8) is 0 Å². The molecule has 1 aromatic heterocycles.